The fraction of sp³-hybridized carbons (Fsp3) is 0.667. The SMILES string of the molecule is CC(C)C1C=CC=CC1(O)C(C)C. The van der Waals surface area contributed by atoms with Crippen LogP contribution in [0.1, 0.15) is 27.7 Å². The predicted molar refractivity (Wildman–Crippen MR) is 56.4 cm³/mol. The van der Waals surface area contributed by atoms with Crippen LogP contribution in [0.5, 0.6) is 0 Å². The van der Waals surface area contributed by atoms with E-state index in [9.17, 15) is 5.11 Å². The molecule has 0 aromatic heterocycles. The topological polar surface area (TPSA) is 20.2 Å². The molecule has 0 saturated carbocycles. The molecule has 0 aliphatic heterocycles. The van der Waals surface area contributed by atoms with Crippen LogP contribution < -0.4 is 0 Å². The lowest BCUT2D eigenvalue weighted by molar-refractivity contribution is -0.0135. The fourth-order valence-electron chi connectivity index (χ4n) is 1.99. The summed E-state index contributed by atoms with van der Waals surface area (Å²) in [5.41, 5.74) is -0.650. The molecule has 1 rings (SSSR count). The Morgan fingerprint density at radius 2 is 1.77 bits per heavy atom. The van der Waals surface area contributed by atoms with Gasteiger partial charge in [0, 0.05) is 5.92 Å². The summed E-state index contributed by atoms with van der Waals surface area (Å²) < 4.78 is 0. The van der Waals surface area contributed by atoms with Crippen LogP contribution in [0.3, 0.4) is 0 Å². The van der Waals surface area contributed by atoms with E-state index in [2.05, 4.69) is 33.8 Å². The standard InChI is InChI=1S/C12H20O/c1-9(2)11-7-5-6-8-12(11,13)10(3)4/h5-11,13H,1-4H3. The van der Waals surface area contributed by atoms with Gasteiger partial charge in [-0.3, -0.25) is 0 Å². The zero-order valence-electron chi connectivity index (χ0n) is 8.99. The number of hydrogen-bond donors (Lipinski definition) is 1. The third-order valence-corrected chi connectivity index (χ3v) is 2.97. The van der Waals surface area contributed by atoms with Gasteiger partial charge in [-0.2, -0.15) is 0 Å². The molecule has 0 aromatic rings. The highest BCUT2D eigenvalue weighted by Crippen LogP contribution is 2.36. The molecule has 0 bridgehead atoms. The molecule has 74 valence electrons. The van der Waals surface area contributed by atoms with Gasteiger partial charge in [0.1, 0.15) is 0 Å². The van der Waals surface area contributed by atoms with E-state index in [0.717, 1.165) is 0 Å². The van der Waals surface area contributed by atoms with Crippen LogP contribution in [-0.4, -0.2) is 10.7 Å². The summed E-state index contributed by atoms with van der Waals surface area (Å²) >= 11 is 0. The zero-order valence-corrected chi connectivity index (χ0v) is 8.99. The van der Waals surface area contributed by atoms with Gasteiger partial charge in [0.15, 0.2) is 0 Å². The summed E-state index contributed by atoms with van der Waals surface area (Å²) in [6.07, 6.45) is 8.02. The average molecular weight is 180 g/mol. The third kappa shape index (κ3) is 1.86. The molecule has 0 radical (unpaired) electrons. The second-order valence-electron chi connectivity index (χ2n) is 4.56. The molecule has 2 atom stereocenters. The fourth-order valence-corrected chi connectivity index (χ4v) is 1.99. The van der Waals surface area contributed by atoms with Crippen LogP contribution in [0.25, 0.3) is 0 Å². The Hall–Kier alpha value is -0.560. The molecule has 1 nitrogen and oxygen atoms in total. The largest absolute Gasteiger partial charge is 0.385 e. The molecule has 0 spiro atoms. The van der Waals surface area contributed by atoms with Crippen LogP contribution in [0.2, 0.25) is 0 Å². The maximum absolute atomic E-state index is 10.4. The third-order valence-electron chi connectivity index (χ3n) is 2.97. The Labute approximate surface area is 81.2 Å². The molecule has 1 N–H and O–H groups in total. The van der Waals surface area contributed by atoms with Crippen molar-refractivity contribution in [2.45, 2.75) is 33.3 Å². The predicted octanol–water partition coefficient (Wildman–Crippen LogP) is 2.77. The first kappa shape index (κ1) is 10.5. The molecular formula is C12H20O. The Morgan fingerprint density at radius 3 is 2.15 bits per heavy atom. The molecule has 0 saturated heterocycles. The van der Waals surface area contributed by atoms with Crippen molar-refractivity contribution >= 4 is 0 Å². The summed E-state index contributed by atoms with van der Waals surface area (Å²) in [5, 5.41) is 10.4. The van der Waals surface area contributed by atoms with Crippen molar-refractivity contribution in [3.63, 3.8) is 0 Å². The van der Waals surface area contributed by atoms with E-state index in [1.165, 1.54) is 0 Å². The van der Waals surface area contributed by atoms with Gasteiger partial charge in [-0.25, -0.2) is 0 Å². The Balaban J connectivity index is 2.93. The van der Waals surface area contributed by atoms with Gasteiger partial charge in [-0.05, 0) is 11.8 Å². The van der Waals surface area contributed by atoms with Crippen molar-refractivity contribution in [3.8, 4) is 0 Å². The highest BCUT2D eigenvalue weighted by atomic mass is 16.3. The molecule has 1 heteroatoms. The van der Waals surface area contributed by atoms with Crippen LogP contribution >= 0.6 is 0 Å². The molecule has 0 fully saturated rings. The normalized spacial score (nSPS) is 33.3. The molecule has 1 aliphatic rings. The van der Waals surface area contributed by atoms with Crippen LogP contribution in [0, 0.1) is 17.8 Å². The first-order chi connectivity index (χ1) is 5.98. The smallest absolute Gasteiger partial charge is 0.0918 e. The van der Waals surface area contributed by atoms with Crippen molar-refractivity contribution in [3.05, 3.63) is 24.3 Å². The van der Waals surface area contributed by atoms with Crippen LogP contribution in [-0.2, 0) is 0 Å². The minimum Gasteiger partial charge on any atom is -0.385 e. The number of hydrogen-bond acceptors (Lipinski definition) is 1. The second-order valence-corrected chi connectivity index (χ2v) is 4.56. The van der Waals surface area contributed by atoms with Crippen molar-refractivity contribution < 1.29 is 5.11 Å². The first-order valence-corrected chi connectivity index (χ1v) is 5.07. The quantitative estimate of drug-likeness (QED) is 0.692. The number of rotatable bonds is 2. The van der Waals surface area contributed by atoms with E-state index in [1.54, 1.807) is 0 Å². The summed E-state index contributed by atoms with van der Waals surface area (Å²) in [7, 11) is 0. The van der Waals surface area contributed by atoms with Gasteiger partial charge >= 0.3 is 0 Å². The summed E-state index contributed by atoms with van der Waals surface area (Å²) in [5.74, 6) is 0.993. The van der Waals surface area contributed by atoms with Gasteiger partial charge in [-0.1, -0.05) is 52.0 Å². The molecule has 0 amide bonds. The lowest BCUT2D eigenvalue weighted by atomic mass is 9.71. The van der Waals surface area contributed by atoms with Crippen molar-refractivity contribution in [2.24, 2.45) is 17.8 Å². The minimum absolute atomic E-state index is 0.248. The molecular weight excluding hydrogens is 160 g/mol. The Bertz CT molecular complexity index is 225. The van der Waals surface area contributed by atoms with Crippen LogP contribution in [0.15, 0.2) is 24.3 Å². The Kier molecular flexibility index (Phi) is 2.97. The van der Waals surface area contributed by atoms with E-state index in [0.29, 0.717) is 5.92 Å². The van der Waals surface area contributed by atoms with Gasteiger partial charge < -0.3 is 5.11 Å². The van der Waals surface area contributed by atoms with Gasteiger partial charge in [0.25, 0.3) is 0 Å². The highest BCUT2D eigenvalue weighted by Gasteiger charge is 2.38. The van der Waals surface area contributed by atoms with E-state index in [1.807, 2.05) is 18.2 Å². The number of aliphatic hydroxyl groups is 1. The van der Waals surface area contributed by atoms with Gasteiger partial charge in [-0.15, -0.1) is 0 Å². The van der Waals surface area contributed by atoms with Crippen molar-refractivity contribution in [1.29, 1.82) is 0 Å². The zero-order chi connectivity index (χ0) is 10.1. The maximum Gasteiger partial charge on any atom is 0.0918 e. The molecule has 0 heterocycles. The first-order valence-electron chi connectivity index (χ1n) is 5.07. The Morgan fingerprint density at radius 1 is 1.15 bits per heavy atom. The average Bonchev–Trinajstić information content (AvgIpc) is 2.04. The van der Waals surface area contributed by atoms with Gasteiger partial charge in [0.2, 0.25) is 0 Å². The number of allylic oxidation sites excluding steroid dienone is 2. The molecule has 0 aromatic carbocycles. The lowest BCUT2D eigenvalue weighted by Gasteiger charge is -2.39. The van der Waals surface area contributed by atoms with E-state index in [-0.39, 0.29) is 11.8 Å². The molecule has 1 aliphatic carbocycles. The monoisotopic (exact) mass is 180 g/mol. The summed E-state index contributed by atoms with van der Waals surface area (Å²) in [6.45, 7) is 8.45. The van der Waals surface area contributed by atoms with Crippen LogP contribution in [0.4, 0.5) is 0 Å². The van der Waals surface area contributed by atoms with E-state index >= 15 is 0 Å². The summed E-state index contributed by atoms with van der Waals surface area (Å²) in [4.78, 5) is 0. The summed E-state index contributed by atoms with van der Waals surface area (Å²) in [6, 6.07) is 0. The second kappa shape index (κ2) is 3.67. The van der Waals surface area contributed by atoms with Gasteiger partial charge in [0.05, 0.1) is 5.60 Å². The maximum atomic E-state index is 10.4. The molecule has 2 unspecified atom stereocenters. The van der Waals surface area contributed by atoms with E-state index in [4.69, 9.17) is 0 Å². The lowest BCUT2D eigenvalue weighted by Crippen LogP contribution is -2.43. The minimum atomic E-state index is -0.650. The van der Waals surface area contributed by atoms with E-state index < -0.39 is 5.60 Å². The molecule has 13 heavy (non-hydrogen) atoms. The van der Waals surface area contributed by atoms with Crippen molar-refractivity contribution in [2.75, 3.05) is 0 Å². The van der Waals surface area contributed by atoms with Crippen molar-refractivity contribution in [1.82, 2.24) is 0 Å². The highest BCUT2D eigenvalue weighted by molar-refractivity contribution is 5.22.